The number of piperidine rings is 1. The molecule has 1 fully saturated rings. The van der Waals surface area contributed by atoms with Crippen LogP contribution >= 0.6 is 0 Å². The van der Waals surface area contributed by atoms with Crippen molar-refractivity contribution >= 4 is 22.3 Å². The number of hydrogen-bond donors (Lipinski definition) is 1. The van der Waals surface area contributed by atoms with Crippen LogP contribution in [-0.4, -0.2) is 48.1 Å². The van der Waals surface area contributed by atoms with Crippen molar-refractivity contribution in [2.45, 2.75) is 18.9 Å². The minimum atomic E-state index is 0.399. The molecule has 0 bridgehead atoms. The third kappa shape index (κ3) is 3.53. The topological polar surface area (TPSA) is 67.5 Å². The Morgan fingerprint density at radius 2 is 1.81 bits per heavy atom. The van der Waals surface area contributed by atoms with E-state index in [1.54, 1.807) is 0 Å². The highest BCUT2D eigenvalue weighted by molar-refractivity contribution is 5.88. The molecule has 1 aromatic heterocycles. The van der Waals surface area contributed by atoms with Crippen LogP contribution < -0.4 is 15.4 Å². The Balaban J connectivity index is 1.62. The SMILES string of the molecule is CN1CCC(N(C)c2ncnc(Oc3cccc4ccccc34)c2N)CC1. The van der Waals surface area contributed by atoms with Gasteiger partial charge in [0.1, 0.15) is 17.8 Å². The molecule has 0 spiro atoms. The quantitative estimate of drug-likeness (QED) is 0.765. The van der Waals surface area contributed by atoms with E-state index in [1.165, 1.54) is 6.33 Å². The molecule has 27 heavy (non-hydrogen) atoms. The first kappa shape index (κ1) is 17.5. The summed E-state index contributed by atoms with van der Waals surface area (Å²) in [4.78, 5) is 13.2. The van der Waals surface area contributed by atoms with Crippen LogP contribution in [0.2, 0.25) is 0 Å². The van der Waals surface area contributed by atoms with Gasteiger partial charge in [0.05, 0.1) is 0 Å². The fraction of sp³-hybridized carbons (Fsp3) is 0.333. The first-order chi connectivity index (χ1) is 13.1. The molecule has 0 amide bonds. The lowest BCUT2D eigenvalue weighted by Gasteiger charge is -2.36. The van der Waals surface area contributed by atoms with E-state index in [0.717, 1.165) is 48.3 Å². The fourth-order valence-electron chi connectivity index (χ4n) is 3.68. The Hall–Kier alpha value is -2.86. The summed E-state index contributed by atoms with van der Waals surface area (Å²) in [6.45, 7) is 2.17. The molecular weight excluding hydrogens is 338 g/mol. The second-order valence-corrected chi connectivity index (χ2v) is 7.14. The van der Waals surface area contributed by atoms with Crippen LogP contribution in [0.5, 0.6) is 11.6 Å². The zero-order chi connectivity index (χ0) is 18.8. The van der Waals surface area contributed by atoms with E-state index in [1.807, 2.05) is 30.3 Å². The zero-order valence-corrected chi connectivity index (χ0v) is 15.8. The third-order valence-corrected chi connectivity index (χ3v) is 5.35. The maximum atomic E-state index is 6.41. The van der Waals surface area contributed by atoms with Crippen molar-refractivity contribution in [3.05, 3.63) is 48.8 Å². The van der Waals surface area contributed by atoms with Gasteiger partial charge in [-0.25, -0.2) is 4.98 Å². The van der Waals surface area contributed by atoms with E-state index in [4.69, 9.17) is 10.5 Å². The minimum Gasteiger partial charge on any atom is -0.436 e. The summed E-state index contributed by atoms with van der Waals surface area (Å²) in [7, 11) is 4.21. The maximum absolute atomic E-state index is 6.41. The Morgan fingerprint density at radius 3 is 2.63 bits per heavy atom. The molecule has 0 saturated carbocycles. The molecule has 0 aliphatic carbocycles. The van der Waals surface area contributed by atoms with E-state index < -0.39 is 0 Å². The van der Waals surface area contributed by atoms with Crippen molar-refractivity contribution in [3.63, 3.8) is 0 Å². The highest BCUT2D eigenvalue weighted by Crippen LogP contribution is 2.35. The summed E-state index contributed by atoms with van der Waals surface area (Å²) in [6, 6.07) is 14.5. The van der Waals surface area contributed by atoms with Gasteiger partial charge in [0, 0.05) is 18.5 Å². The molecule has 1 saturated heterocycles. The summed E-state index contributed by atoms with van der Waals surface area (Å²) < 4.78 is 6.11. The molecule has 1 aliphatic rings. The lowest BCUT2D eigenvalue weighted by Crippen LogP contribution is -2.42. The number of nitrogens with zero attached hydrogens (tertiary/aromatic N) is 4. The van der Waals surface area contributed by atoms with Gasteiger partial charge < -0.3 is 20.3 Å². The number of benzene rings is 2. The molecule has 1 aliphatic heterocycles. The number of fused-ring (bicyclic) bond motifs is 1. The van der Waals surface area contributed by atoms with Crippen LogP contribution in [-0.2, 0) is 0 Å². The Labute approximate surface area is 159 Å². The number of anilines is 2. The molecule has 6 nitrogen and oxygen atoms in total. The smallest absolute Gasteiger partial charge is 0.248 e. The molecule has 3 aromatic rings. The van der Waals surface area contributed by atoms with Gasteiger partial charge in [-0.15, -0.1) is 0 Å². The molecule has 6 heteroatoms. The molecular formula is C21H25N5O. The fourth-order valence-corrected chi connectivity index (χ4v) is 3.68. The first-order valence-corrected chi connectivity index (χ1v) is 9.31. The Morgan fingerprint density at radius 1 is 1.07 bits per heavy atom. The van der Waals surface area contributed by atoms with Crippen LogP contribution in [0.4, 0.5) is 11.5 Å². The van der Waals surface area contributed by atoms with Crippen LogP contribution in [0, 0.1) is 0 Å². The van der Waals surface area contributed by atoms with Crippen LogP contribution in [0.1, 0.15) is 12.8 Å². The largest absolute Gasteiger partial charge is 0.436 e. The van der Waals surface area contributed by atoms with Gasteiger partial charge in [-0.3, -0.25) is 0 Å². The number of aromatic nitrogens is 2. The van der Waals surface area contributed by atoms with Crippen molar-refractivity contribution < 1.29 is 4.74 Å². The Kier molecular flexibility index (Phi) is 4.81. The predicted octanol–water partition coefficient (Wildman–Crippen LogP) is 3.53. The average Bonchev–Trinajstić information content (AvgIpc) is 2.70. The molecule has 2 N–H and O–H groups in total. The van der Waals surface area contributed by atoms with Gasteiger partial charge in [-0.05, 0) is 44.4 Å². The molecule has 2 heterocycles. The average molecular weight is 363 g/mol. The molecule has 4 rings (SSSR count). The van der Waals surface area contributed by atoms with E-state index in [0.29, 0.717) is 17.6 Å². The second-order valence-electron chi connectivity index (χ2n) is 7.14. The van der Waals surface area contributed by atoms with E-state index >= 15 is 0 Å². The van der Waals surface area contributed by atoms with Crippen molar-refractivity contribution in [2.75, 3.05) is 37.8 Å². The monoisotopic (exact) mass is 363 g/mol. The summed E-state index contributed by atoms with van der Waals surface area (Å²) >= 11 is 0. The van der Waals surface area contributed by atoms with Crippen LogP contribution in [0.3, 0.4) is 0 Å². The van der Waals surface area contributed by atoms with E-state index in [-0.39, 0.29) is 0 Å². The summed E-state index contributed by atoms with van der Waals surface area (Å²) in [5.41, 5.74) is 6.89. The molecule has 2 aromatic carbocycles. The van der Waals surface area contributed by atoms with Gasteiger partial charge in [-0.2, -0.15) is 4.98 Å². The zero-order valence-electron chi connectivity index (χ0n) is 15.8. The first-order valence-electron chi connectivity index (χ1n) is 9.31. The van der Waals surface area contributed by atoms with Crippen LogP contribution in [0.25, 0.3) is 10.8 Å². The second kappa shape index (κ2) is 7.40. The standard InChI is InChI=1S/C21H25N5O/c1-25-12-10-16(11-13-25)26(2)20-19(22)21(24-14-23-20)27-18-9-5-7-15-6-3-4-8-17(15)18/h3-9,14,16H,10-13,22H2,1-2H3. The minimum absolute atomic E-state index is 0.399. The third-order valence-electron chi connectivity index (χ3n) is 5.35. The molecule has 0 radical (unpaired) electrons. The summed E-state index contributed by atoms with van der Waals surface area (Å²) in [6.07, 6.45) is 3.71. The summed E-state index contributed by atoms with van der Waals surface area (Å²) in [5, 5.41) is 2.15. The maximum Gasteiger partial charge on any atom is 0.248 e. The predicted molar refractivity (Wildman–Crippen MR) is 109 cm³/mol. The number of nitrogens with two attached hydrogens (primary N) is 1. The number of ether oxygens (including phenoxy) is 1. The normalized spacial score (nSPS) is 15.8. The number of nitrogen functional groups attached to an aromatic ring is 1. The van der Waals surface area contributed by atoms with Crippen molar-refractivity contribution in [3.8, 4) is 11.6 Å². The van der Waals surface area contributed by atoms with Gasteiger partial charge in [-0.1, -0.05) is 36.4 Å². The molecule has 140 valence electrons. The number of rotatable bonds is 4. The lowest BCUT2D eigenvalue weighted by atomic mass is 10.0. The Bertz CT molecular complexity index is 932. The molecule has 0 unspecified atom stereocenters. The van der Waals surface area contributed by atoms with Crippen LogP contribution in [0.15, 0.2) is 48.8 Å². The van der Waals surface area contributed by atoms with E-state index in [2.05, 4.69) is 46.0 Å². The molecule has 0 atom stereocenters. The highest BCUT2D eigenvalue weighted by Gasteiger charge is 2.24. The highest BCUT2D eigenvalue weighted by atomic mass is 16.5. The van der Waals surface area contributed by atoms with Crippen molar-refractivity contribution in [1.29, 1.82) is 0 Å². The van der Waals surface area contributed by atoms with E-state index in [9.17, 15) is 0 Å². The lowest BCUT2D eigenvalue weighted by molar-refractivity contribution is 0.252. The van der Waals surface area contributed by atoms with Gasteiger partial charge in [0.15, 0.2) is 5.82 Å². The summed E-state index contributed by atoms with van der Waals surface area (Å²) in [5.74, 6) is 1.87. The number of likely N-dealkylation sites (tertiary alicyclic amines) is 1. The van der Waals surface area contributed by atoms with Gasteiger partial charge in [0.25, 0.3) is 0 Å². The van der Waals surface area contributed by atoms with Crippen molar-refractivity contribution in [1.82, 2.24) is 14.9 Å². The van der Waals surface area contributed by atoms with Gasteiger partial charge >= 0.3 is 0 Å². The van der Waals surface area contributed by atoms with Gasteiger partial charge in [0.2, 0.25) is 5.88 Å². The van der Waals surface area contributed by atoms with Crippen molar-refractivity contribution in [2.24, 2.45) is 0 Å². The number of hydrogen-bond acceptors (Lipinski definition) is 6.